The molecule has 2 aromatic carbocycles. The van der Waals surface area contributed by atoms with E-state index in [4.69, 9.17) is 0 Å². The molecule has 0 spiro atoms. The first-order valence-electron chi connectivity index (χ1n) is 5.13. The van der Waals surface area contributed by atoms with Gasteiger partial charge in [0, 0.05) is 22.1 Å². The Hall–Kier alpha value is -2.89. The van der Waals surface area contributed by atoms with Crippen LogP contribution in [-0.4, -0.2) is 17.9 Å². The molecule has 0 amide bonds. The molecular formula is C13H5O6-3. The fraction of sp³-hybridized carbons (Fsp3) is 0. The fourth-order valence-electron chi connectivity index (χ4n) is 1.92. The van der Waals surface area contributed by atoms with E-state index < -0.39 is 29.0 Å². The smallest absolute Gasteiger partial charge is 0.0721 e. The number of hydrogen-bond acceptors (Lipinski definition) is 6. The van der Waals surface area contributed by atoms with Crippen LogP contribution in [0, 0.1) is 0 Å². The van der Waals surface area contributed by atoms with Gasteiger partial charge in [0.1, 0.15) is 0 Å². The average molecular weight is 257 g/mol. The second kappa shape index (κ2) is 4.41. The maximum atomic E-state index is 11.0. The van der Waals surface area contributed by atoms with Crippen LogP contribution in [0.1, 0.15) is 31.1 Å². The van der Waals surface area contributed by atoms with Gasteiger partial charge in [-0.15, -0.1) is 0 Å². The van der Waals surface area contributed by atoms with Gasteiger partial charge < -0.3 is 29.7 Å². The van der Waals surface area contributed by atoms with Gasteiger partial charge in [-0.05, 0) is 5.39 Å². The van der Waals surface area contributed by atoms with Gasteiger partial charge in [-0.2, -0.15) is 0 Å². The molecule has 0 aliphatic rings. The summed E-state index contributed by atoms with van der Waals surface area (Å²) in [7, 11) is 0. The zero-order valence-electron chi connectivity index (χ0n) is 9.34. The molecular weight excluding hydrogens is 252 g/mol. The number of carboxylic acid groups (broad SMARTS) is 3. The summed E-state index contributed by atoms with van der Waals surface area (Å²) in [5, 5.41) is 32.6. The summed E-state index contributed by atoms with van der Waals surface area (Å²) in [5.41, 5.74) is -1.14. The van der Waals surface area contributed by atoms with Crippen molar-refractivity contribution in [2.24, 2.45) is 0 Å². The van der Waals surface area contributed by atoms with Crippen molar-refractivity contribution in [3.8, 4) is 0 Å². The van der Waals surface area contributed by atoms with E-state index in [0.29, 0.717) is 0 Å². The van der Waals surface area contributed by atoms with Crippen LogP contribution in [-0.2, 0) is 0 Å². The monoisotopic (exact) mass is 257 g/mol. The largest absolute Gasteiger partial charge is 0.545 e. The normalized spacial score (nSPS) is 10.3. The molecule has 0 fully saturated rings. The molecule has 0 heterocycles. The predicted molar refractivity (Wildman–Crippen MR) is 56.9 cm³/mol. The number of carbonyl (C=O) groups excluding carboxylic acids is 3. The highest BCUT2D eigenvalue weighted by atomic mass is 16.4. The Balaban J connectivity index is 3.01. The van der Waals surface area contributed by atoms with E-state index in [1.165, 1.54) is 12.1 Å². The van der Waals surface area contributed by atoms with Gasteiger partial charge in [0.2, 0.25) is 0 Å². The van der Waals surface area contributed by atoms with Gasteiger partial charge in [-0.1, -0.05) is 30.3 Å². The molecule has 0 aliphatic carbocycles. The zero-order chi connectivity index (χ0) is 14.2. The first-order chi connectivity index (χ1) is 8.93. The maximum absolute atomic E-state index is 11.0. The van der Waals surface area contributed by atoms with E-state index in [9.17, 15) is 29.7 Å². The van der Waals surface area contributed by atoms with Crippen molar-refractivity contribution < 1.29 is 29.7 Å². The molecule has 0 aliphatic heterocycles. The number of benzene rings is 2. The van der Waals surface area contributed by atoms with Crippen LogP contribution < -0.4 is 15.3 Å². The molecule has 0 radical (unpaired) electrons. The molecule has 0 saturated heterocycles. The molecule has 2 aromatic rings. The molecule has 6 heteroatoms. The Labute approximate surface area is 106 Å². The van der Waals surface area contributed by atoms with E-state index >= 15 is 0 Å². The van der Waals surface area contributed by atoms with E-state index in [2.05, 4.69) is 0 Å². The standard InChI is InChI=1S/C13H8O6/c14-11(15)7-4-5-9(13(18)19)10-6(7)2-1-3-8(10)12(16)17/h1-5H,(H,14,15)(H,16,17)(H,18,19)/p-3. The number of aromatic carboxylic acids is 3. The minimum absolute atomic E-state index is 0.0524. The van der Waals surface area contributed by atoms with Crippen LogP contribution in [0.2, 0.25) is 0 Å². The number of rotatable bonds is 3. The van der Waals surface area contributed by atoms with E-state index in [-0.39, 0.29) is 16.3 Å². The Bertz CT molecular complexity index is 696. The van der Waals surface area contributed by atoms with Crippen LogP contribution in [0.3, 0.4) is 0 Å². The summed E-state index contributed by atoms with van der Waals surface area (Å²) >= 11 is 0. The summed E-state index contributed by atoms with van der Waals surface area (Å²) in [5.74, 6) is -4.75. The van der Waals surface area contributed by atoms with Crippen LogP contribution in [0.25, 0.3) is 10.8 Å². The first kappa shape index (κ1) is 12.6. The first-order valence-corrected chi connectivity index (χ1v) is 5.13. The average Bonchev–Trinajstić information content (AvgIpc) is 2.35. The fourth-order valence-corrected chi connectivity index (χ4v) is 1.92. The number of fused-ring (bicyclic) bond motifs is 1. The van der Waals surface area contributed by atoms with Crippen LogP contribution in [0.15, 0.2) is 30.3 Å². The Morgan fingerprint density at radius 3 is 1.68 bits per heavy atom. The summed E-state index contributed by atoms with van der Waals surface area (Å²) in [6, 6.07) is 5.71. The lowest BCUT2D eigenvalue weighted by Gasteiger charge is -2.16. The van der Waals surface area contributed by atoms with Crippen LogP contribution >= 0.6 is 0 Å². The van der Waals surface area contributed by atoms with E-state index in [0.717, 1.165) is 18.2 Å². The van der Waals surface area contributed by atoms with Crippen molar-refractivity contribution in [2.45, 2.75) is 0 Å². The third kappa shape index (κ3) is 1.99. The van der Waals surface area contributed by atoms with Gasteiger partial charge in [0.05, 0.1) is 17.9 Å². The molecule has 96 valence electrons. The Morgan fingerprint density at radius 2 is 1.16 bits per heavy atom. The second-order valence-corrected chi connectivity index (χ2v) is 3.75. The molecule has 0 unspecified atom stereocenters. The molecule has 0 N–H and O–H groups in total. The van der Waals surface area contributed by atoms with Gasteiger partial charge >= 0.3 is 0 Å². The van der Waals surface area contributed by atoms with Crippen molar-refractivity contribution in [3.63, 3.8) is 0 Å². The summed E-state index contributed by atoms with van der Waals surface area (Å²) in [6.45, 7) is 0. The molecule has 0 aromatic heterocycles. The third-order valence-electron chi connectivity index (χ3n) is 2.70. The Morgan fingerprint density at radius 1 is 0.684 bits per heavy atom. The minimum Gasteiger partial charge on any atom is -0.545 e. The molecule has 0 bridgehead atoms. The highest BCUT2D eigenvalue weighted by molar-refractivity contribution is 6.16. The van der Waals surface area contributed by atoms with Crippen molar-refractivity contribution in [2.75, 3.05) is 0 Å². The number of carbonyl (C=O) groups is 3. The summed E-state index contributed by atoms with van der Waals surface area (Å²) in [6.07, 6.45) is 0. The lowest BCUT2D eigenvalue weighted by atomic mass is 9.95. The van der Waals surface area contributed by atoms with Gasteiger partial charge in [0.15, 0.2) is 0 Å². The number of hydrogen-bond donors (Lipinski definition) is 0. The van der Waals surface area contributed by atoms with Crippen molar-refractivity contribution in [1.82, 2.24) is 0 Å². The van der Waals surface area contributed by atoms with Gasteiger partial charge in [-0.3, -0.25) is 0 Å². The number of carboxylic acids is 3. The molecule has 0 atom stereocenters. The lowest BCUT2D eigenvalue weighted by molar-refractivity contribution is -0.256. The summed E-state index contributed by atoms with van der Waals surface area (Å²) in [4.78, 5) is 32.9. The third-order valence-corrected chi connectivity index (χ3v) is 2.70. The van der Waals surface area contributed by atoms with Gasteiger partial charge in [-0.25, -0.2) is 0 Å². The maximum Gasteiger partial charge on any atom is 0.0721 e. The second-order valence-electron chi connectivity index (χ2n) is 3.75. The Kier molecular flexibility index (Phi) is 2.92. The molecule has 19 heavy (non-hydrogen) atoms. The van der Waals surface area contributed by atoms with Crippen molar-refractivity contribution in [3.05, 3.63) is 47.0 Å². The predicted octanol–water partition coefficient (Wildman–Crippen LogP) is -2.07. The molecule has 2 rings (SSSR count). The zero-order valence-corrected chi connectivity index (χ0v) is 9.34. The summed E-state index contributed by atoms with van der Waals surface area (Å²) < 4.78 is 0. The minimum atomic E-state index is -1.61. The van der Waals surface area contributed by atoms with Crippen molar-refractivity contribution >= 4 is 28.7 Å². The molecule has 0 saturated carbocycles. The highest BCUT2D eigenvalue weighted by Crippen LogP contribution is 2.26. The van der Waals surface area contributed by atoms with Gasteiger partial charge in [0.25, 0.3) is 0 Å². The van der Waals surface area contributed by atoms with E-state index in [1.54, 1.807) is 0 Å². The van der Waals surface area contributed by atoms with E-state index in [1.807, 2.05) is 0 Å². The molecule has 6 nitrogen and oxygen atoms in total. The van der Waals surface area contributed by atoms with Crippen LogP contribution in [0.5, 0.6) is 0 Å². The van der Waals surface area contributed by atoms with Crippen molar-refractivity contribution in [1.29, 1.82) is 0 Å². The van der Waals surface area contributed by atoms with Crippen LogP contribution in [0.4, 0.5) is 0 Å². The SMILES string of the molecule is O=C([O-])c1ccc(C(=O)[O-])c2c(C(=O)[O-])cccc12. The lowest BCUT2D eigenvalue weighted by Crippen LogP contribution is -2.27. The topological polar surface area (TPSA) is 120 Å². The quantitative estimate of drug-likeness (QED) is 0.622. The highest BCUT2D eigenvalue weighted by Gasteiger charge is 2.11.